The Morgan fingerprint density at radius 3 is 2.31 bits per heavy atom. The van der Waals surface area contributed by atoms with Crippen molar-refractivity contribution in [2.45, 2.75) is 64.3 Å². The van der Waals surface area contributed by atoms with Crippen molar-refractivity contribution in [3.63, 3.8) is 0 Å². The Hall–Kier alpha value is -2.75. The van der Waals surface area contributed by atoms with Gasteiger partial charge >= 0.3 is 12.1 Å². The quantitative estimate of drug-likeness (QED) is 0.443. The van der Waals surface area contributed by atoms with E-state index in [-0.39, 0.29) is 24.4 Å². The SMILES string of the molecule is COC(=O)CNC(=O)C(c1ccccc1)N(C(=O)C(CCSC)NC(=O)OC(C)(C)C)C1CC1C. The summed E-state index contributed by atoms with van der Waals surface area (Å²) in [5, 5.41) is 5.31. The maximum atomic E-state index is 14.0. The van der Waals surface area contributed by atoms with Gasteiger partial charge in [-0.1, -0.05) is 37.3 Å². The molecule has 0 aliphatic heterocycles. The summed E-state index contributed by atoms with van der Waals surface area (Å²) in [5.41, 5.74) is -0.106. The summed E-state index contributed by atoms with van der Waals surface area (Å²) in [6.45, 7) is 6.95. The van der Waals surface area contributed by atoms with E-state index in [0.29, 0.717) is 17.7 Å². The van der Waals surface area contributed by atoms with Gasteiger partial charge in [0.1, 0.15) is 24.2 Å². The second-order valence-corrected chi connectivity index (χ2v) is 10.6. The van der Waals surface area contributed by atoms with Crippen LogP contribution < -0.4 is 10.6 Å². The summed E-state index contributed by atoms with van der Waals surface area (Å²) in [6, 6.07) is 6.93. The number of benzene rings is 1. The van der Waals surface area contributed by atoms with E-state index >= 15 is 0 Å². The van der Waals surface area contributed by atoms with Crippen molar-refractivity contribution in [3.8, 4) is 0 Å². The fourth-order valence-electron chi connectivity index (χ4n) is 3.70. The third kappa shape index (κ3) is 8.76. The van der Waals surface area contributed by atoms with E-state index in [4.69, 9.17) is 4.74 Å². The molecule has 194 valence electrons. The maximum absolute atomic E-state index is 14.0. The first-order chi connectivity index (χ1) is 16.5. The molecular formula is C25H37N3O6S. The minimum absolute atomic E-state index is 0.172. The first kappa shape index (κ1) is 28.5. The standard InChI is InChI=1S/C25H37N3O6S/c1-16-14-19(16)28(23(31)18(12-13-35-6)27-24(32)34-25(2,3)4)21(17-10-8-7-9-11-17)22(30)26-15-20(29)33-5/h7-11,16,18-19,21H,12-15H2,1-6H3,(H,26,30)(H,27,32). The molecule has 1 aliphatic rings. The van der Waals surface area contributed by atoms with Crippen molar-refractivity contribution in [2.75, 3.05) is 25.7 Å². The Morgan fingerprint density at radius 2 is 1.80 bits per heavy atom. The monoisotopic (exact) mass is 507 g/mol. The van der Waals surface area contributed by atoms with Crippen LogP contribution in [-0.4, -0.2) is 72.1 Å². The highest BCUT2D eigenvalue weighted by Crippen LogP contribution is 2.40. The van der Waals surface area contributed by atoms with Crippen LogP contribution in [0.2, 0.25) is 0 Å². The van der Waals surface area contributed by atoms with Gasteiger partial charge in [0.25, 0.3) is 0 Å². The fourth-order valence-corrected chi connectivity index (χ4v) is 4.17. The Morgan fingerprint density at radius 1 is 1.17 bits per heavy atom. The van der Waals surface area contributed by atoms with E-state index in [1.807, 2.05) is 19.2 Å². The van der Waals surface area contributed by atoms with Crippen molar-refractivity contribution in [3.05, 3.63) is 35.9 Å². The second kappa shape index (κ2) is 12.8. The molecule has 1 saturated carbocycles. The molecule has 10 heteroatoms. The highest BCUT2D eigenvalue weighted by Gasteiger charge is 2.48. The van der Waals surface area contributed by atoms with Crippen LogP contribution in [0.5, 0.6) is 0 Å². The lowest BCUT2D eigenvalue weighted by atomic mass is 10.0. The van der Waals surface area contributed by atoms with Gasteiger partial charge in [-0.2, -0.15) is 11.8 Å². The van der Waals surface area contributed by atoms with Crippen LogP contribution in [0.15, 0.2) is 30.3 Å². The zero-order chi connectivity index (χ0) is 26.2. The average molecular weight is 508 g/mol. The first-order valence-corrected chi connectivity index (χ1v) is 13.1. The number of amides is 3. The van der Waals surface area contributed by atoms with Crippen LogP contribution in [0.3, 0.4) is 0 Å². The van der Waals surface area contributed by atoms with Crippen molar-refractivity contribution in [2.24, 2.45) is 5.92 Å². The molecule has 4 atom stereocenters. The van der Waals surface area contributed by atoms with E-state index in [0.717, 1.165) is 6.42 Å². The van der Waals surface area contributed by atoms with Gasteiger partial charge in [0, 0.05) is 6.04 Å². The summed E-state index contributed by atoms with van der Waals surface area (Å²) in [7, 11) is 1.24. The van der Waals surface area contributed by atoms with Gasteiger partial charge in [-0.05, 0) is 57.1 Å². The summed E-state index contributed by atoms with van der Waals surface area (Å²) in [6.07, 6.45) is 2.35. The lowest BCUT2D eigenvalue weighted by Crippen LogP contribution is -2.54. The molecule has 3 amide bonds. The van der Waals surface area contributed by atoms with E-state index in [1.54, 1.807) is 61.7 Å². The summed E-state index contributed by atoms with van der Waals surface area (Å²) < 4.78 is 10.0. The molecule has 1 fully saturated rings. The molecule has 35 heavy (non-hydrogen) atoms. The number of ether oxygens (including phenoxy) is 2. The Labute approximate surface area is 211 Å². The summed E-state index contributed by atoms with van der Waals surface area (Å²) >= 11 is 1.56. The lowest BCUT2D eigenvalue weighted by Gasteiger charge is -2.35. The normalized spacial score (nSPS) is 18.6. The van der Waals surface area contributed by atoms with Crippen LogP contribution in [0.4, 0.5) is 4.79 Å². The number of hydrogen-bond acceptors (Lipinski definition) is 7. The number of alkyl carbamates (subject to hydrolysis) is 1. The first-order valence-electron chi connectivity index (χ1n) is 11.7. The van der Waals surface area contributed by atoms with Gasteiger partial charge in [0.05, 0.1) is 7.11 Å². The molecule has 2 rings (SSSR count). The van der Waals surface area contributed by atoms with Gasteiger partial charge in [-0.25, -0.2) is 4.79 Å². The lowest BCUT2D eigenvalue weighted by molar-refractivity contribution is -0.145. The second-order valence-electron chi connectivity index (χ2n) is 9.61. The van der Waals surface area contributed by atoms with Crippen molar-refractivity contribution in [1.82, 2.24) is 15.5 Å². The Kier molecular flexibility index (Phi) is 10.4. The van der Waals surface area contributed by atoms with Crippen molar-refractivity contribution >= 4 is 35.6 Å². The van der Waals surface area contributed by atoms with Gasteiger partial charge < -0.3 is 25.0 Å². The number of methoxy groups -OCH3 is 1. The molecule has 0 radical (unpaired) electrons. The smallest absolute Gasteiger partial charge is 0.408 e. The summed E-state index contributed by atoms with van der Waals surface area (Å²) in [4.78, 5) is 53.1. The number of esters is 1. The number of hydrogen-bond donors (Lipinski definition) is 2. The van der Waals surface area contributed by atoms with Crippen LogP contribution >= 0.6 is 11.8 Å². The Bertz CT molecular complexity index is 889. The van der Waals surface area contributed by atoms with Gasteiger partial charge in [0.2, 0.25) is 11.8 Å². The van der Waals surface area contributed by atoms with Crippen LogP contribution in [0.1, 0.15) is 52.1 Å². The maximum Gasteiger partial charge on any atom is 0.408 e. The molecule has 0 heterocycles. The minimum Gasteiger partial charge on any atom is -0.468 e. The van der Waals surface area contributed by atoms with Gasteiger partial charge in [-0.15, -0.1) is 0 Å². The third-order valence-corrected chi connectivity index (χ3v) is 6.20. The highest BCUT2D eigenvalue weighted by molar-refractivity contribution is 7.98. The van der Waals surface area contributed by atoms with E-state index in [9.17, 15) is 19.2 Å². The molecule has 0 bridgehead atoms. The van der Waals surface area contributed by atoms with E-state index < -0.39 is 35.7 Å². The molecule has 2 N–H and O–H groups in total. The molecular weight excluding hydrogens is 470 g/mol. The predicted octanol–water partition coefficient (Wildman–Crippen LogP) is 2.90. The van der Waals surface area contributed by atoms with Crippen LogP contribution in [0, 0.1) is 5.92 Å². The minimum atomic E-state index is -0.972. The molecule has 0 spiro atoms. The molecule has 0 saturated heterocycles. The molecule has 4 unspecified atom stereocenters. The van der Waals surface area contributed by atoms with Crippen molar-refractivity contribution < 1.29 is 28.7 Å². The molecule has 1 aromatic rings. The third-order valence-electron chi connectivity index (χ3n) is 5.55. The molecule has 1 aliphatic carbocycles. The van der Waals surface area contributed by atoms with Gasteiger partial charge in [-0.3, -0.25) is 14.4 Å². The van der Waals surface area contributed by atoms with Crippen LogP contribution in [0.25, 0.3) is 0 Å². The van der Waals surface area contributed by atoms with Crippen LogP contribution in [-0.2, 0) is 23.9 Å². The number of rotatable bonds is 11. The van der Waals surface area contributed by atoms with Crippen molar-refractivity contribution in [1.29, 1.82) is 0 Å². The zero-order valence-electron chi connectivity index (χ0n) is 21.3. The fraction of sp³-hybridized carbons (Fsp3) is 0.600. The van der Waals surface area contributed by atoms with Gasteiger partial charge in [0.15, 0.2) is 0 Å². The average Bonchev–Trinajstić information content (AvgIpc) is 3.52. The largest absolute Gasteiger partial charge is 0.468 e. The molecule has 0 aromatic heterocycles. The number of nitrogens with one attached hydrogen (secondary N) is 2. The number of thioether (sulfide) groups is 1. The Balaban J connectivity index is 2.40. The zero-order valence-corrected chi connectivity index (χ0v) is 22.1. The number of nitrogens with zero attached hydrogens (tertiary/aromatic N) is 1. The molecule has 1 aromatic carbocycles. The highest BCUT2D eigenvalue weighted by atomic mass is 32.2. The number of carbonyl (C=O) groups is 4. The number of carbonyl (C=O) groups excluding carboxylic acids is 4. The van der Waals surface area contributed by atoms with E-state index in [2.05, 4.69) is 15.4 Å². The molecule has 9 nitrogen and oxygen atoms in total. The summed E-state index contributed by atoms with van der Waals surface area (Å²) in [5.74, 6) is -0.616. The predicted molar refractivity (Wildman–Crippen MR) is 135 cm³/mol. The topological polar surface area (TPSA) is 114 Å². The van der Waals surface area contributed by atoms with E-state index in [1.165, 1.54) is 7.11 Å².